The van der Waals surface area contributed by atoms with Crippen LogP contribution in [-0.4, -0.2) is 50.8 Å². The summed E-state index contributed by atoms with van der Waals surface area (Å²) < 4.78 is 40.4. The van der Waals surface area contributed by atoms with Crippen LogP contribution in [0.1, 0.15) is 19.4 Å². The second-order valence-electron chi connectivity index (χ2n) is 5.21. The van der Waals surface area contributed by atoms with Crippen molar-refractivity contribution in [3.8, 4) is 0 Å². The van der Waals surface area contributed by atoms with Crippen LogP contribution in [-0.2, 0) is 15.9 Å². The Bertz CT molecular complexity index is 578. The van der Waals surface area contributed by atoms with E-state index in [1.165, 1.54) is 16.4 Å². The zero-order valence-corrected chi connectivity index (χ0v) is 14.4. The Hall–Kier alpha value is -0.690. The van der Waals surface area contributed by atoms with Gasteiger partial charge in [0.25, 0.3) is 0 Å². The molecule has 1 unspecified atom stereocenters. The highest BCUT2D eigenvalue weighted by Crippen LogP contribution is 2.24. The highest BCUT2D eigenvalue weighted by atomic mass is 35.5. The van der Waals surface area contributed by atoms with E-state index >= 15 is 0 Å². The van der Waals surface area contributed by atoms with Crippen molar-refractivity contribution in [2.75, 3.05) is 27.2 Å². The lowest BCUT2D eigenvalue weighted by Gasteiger charge is -2.29. The Morgan fingerprint density at radius 1 is 1.33 bits per heavy atom. The molecule has 1 atom stereocenters. The van der Waals surface area contributed by atoms with Gasteiger partial charge in [0.1, 0.15) is 5.82 Å². The van der Waals surface area contributed by atoms with Gasteiger partial charge in [-0.05, 0) is 38.7 Å². The predicted octanol–water partition coefficient (Wildman–Crippen LogP) is 2.53. The molecule has 0 radical (unpaired) electrons. The summed E-state index contributed by atoms with van der Waals surface area (Å²) in [5, 5.41) is 0. The quantitative estimate of drug-likeness (QED) is 0.718. The Balaban J connectivity index is 3.27. The van der Waals surface area contributed by atoms with E-state index in [-0.39, 0.29) is 16.8 Å². The molecule has 4 nitrogen and oxygen atoms in total. The fraction of sp³-hybridized carbons (Fsp3) is 0.571. The Labute approximate surface area is 131 Å². The fourth-order valence-corrected chi connectivity index (χ4v) is 4.52. The van der Waals surface area contributed by atoms with E-state index in [1.54, 1.807) is 6.92 Å². The van der Waals surface area contributed by atoms with Crippen LogP contribution in [0.25, 0.3) is 0 Å². The van der Waals surface area contributed by atoms with Crippen LogP contribution in [0.4, 0.5) is 4.39 Å². The van der Waals surface area contributed by atoms with E-state index in [2.05, 4.69) is 0 Å². The van der Waals surface area contributed by atoms with Gasteiger partial charge in [-0.15, -0.1) is 11.6 Å². The first-order valence-corrected chi connectivity index (χ1v) is 8.72. The van der Waals surface area contributed by atoms with Crippen molar-refractivity contribution in [1.82, 2.24) is 9.21 Å². The number of sulfonamides is 1. The Morgan fingerprint density at radius 2 is 1.95 bits per heavy atom. The van der Waals surface area contributed by atoms with E-state index in [4.69, 9.17) is 11.6 Å². The van der Waals surface area contributed by atoms with Crippen molar-refractivity contribution >= 4 is 21.6 Å². The first kappa shape index (κ1) is 18.4. The second-order valence-corrected chi connectivity index (χ2v) is 7.33. The zero-order chi connectivity index (χ0) is 16.2. The van der Waals surface area contributed by atoms with E-state index < -0.39 is 15.8 Å². The molecule has 1 aromatic rings. The molecule has 0 fully saturated rings. The van der Waals surface area contributed by atoms with Crippen LogP contribution < -0.4 is 0 Å². The van der Waals surface area contributed by atoms with Gasteiger partial charge >= 0.3 is 0 Å². The number of benzene rings is 1. The highest BCUT2D eigenvalue weighted by molar-refractivity contribution is 7.89. The molecule has 120 valence electrons. The lowest BCUT2D eigenvalue weighted by Crippen LogP contribution is -2.43. The molecule has 0 saturated carbocycles. The molecule has 0 aromatic heterocycles. The summed E-state index contributed by atoms with van der Waals surface area (Å²) in [6, 6.07) is 3.45. The van der Waals surface area contributed by atoms with Gasteiger partial charge in [0.05, 0.1) is 4.90 Å². The van der Waals surface area contributed by atoms with Gasteiger partial charge in [-0.25, -0.2) is 12.8 Å². The van der Waals surface area contributed by atoms with Crippen LogP contribution in [0.15, 0.2) is 23.1 Å². The van der Waals surface area contributed by atoms with Crippen LogP contribution in [0.3, 0.4) is 0 Å². The van der Waals surface area contributed by atoms with Crippen LogP contribution >= 0.6 is 11.6 Å². The summed E-state index contributed by atoms with van der Waals surface area (Å²) >= 11 is 5.79. The maximum Gasteiger partial charge on any atom is 0.243 e. The monoisotopic (exact) mass is 336 g/mol. The minimum Gasteiger partial charge on any atom is -0.308 e. The van der Waals surface area contributed by atoms with Crippen molar-refractivity contribution < 1.29 is 12.8 Å². The molecule has 0 heterocycles. The first-order valence-electron chi connectivity index (χ1n) is 6.75. The first-order chi connectivity index (χ1) is 9.73. The van der Waals surface area contributed by atoms with Crippen molar-refractivity contribution in [1.29, 1.82) is 0 Å². The maximum atomic E-state index is 13.5. The molecule has 0 saturated heterocycles. The standard InChI is InChI=1S/C14H22ClFN2O2S/c1-5-18(11(2)10-17(3)4)21(19,20)14-8-13(16)7-6-12(14)9-15/h6-8,11H,5,9-10H2,1-4H3. The second kappa shape index (κ2) is 7.54. The molecular formula is C14H22ClFN2O2S. The number of hydrogen-bond donors (Lipinski definition) is 0. The minimum absolute atomic E-state index is 0.0223. The predicted molar refractivity (Wildman–Crippen MR) is 83.5 cm³/mol. The maximum absolute atomic E-state index is 13.5. The number of alkyl halides is 1. The third-order valence-corrected chi connectivity index (χ3v) is 5.65. The van der Waals surface area contributed by atoms with Crippen molar-refractivity contribution in [3.05, 3.63) is 29.6 Å². The molecule has 0 aliphatic carbocycles. The summed E-state index contributed by atoms with van der Waals surface area (Å²) in [4.78, 5) is 1.86. The Morgan fingerprint density at radius 3 is 2.43 bits per heavy atom. The molecule has 0 aliphatic rings. The zero-order valence-electron chi connectivity index (χ0n) is 12.8. The van der Waals surface area contributed by atoms with Crippen LogP contribution in [0.5, 0.6) is 0 Å². The molecule has 0 N–H and O–H groups in total. The molecule has 1 rings (SSSR count). The molecule has 0 aliphatic heterocycles. The third-order valence-electron chi connectivity index (χ3n) is 3.19. The Kier molecular flexibility index (Phi) is 6.59. The van der Waals surface area contributed by atoms with Gasteiger partial charge in [-0.3, -0.25) is 0 Å². The van der Waals surface area contributed by atoms with Crippen molar-refractivity contribution in [2.24, 2.45) is 0 Å². The van der Waals surface area contributed by atoms with Gasteiger partial charge in [-0.1, -0.05) is 13.0 Å². The highest BCUT2D eigenvalue weighted by Gasteiger charge is 2.30. The number of hydrogen-bond acceptors (Lipinski definition) is 3. The van der Waals surface area contributed by atoms with Gasteiger partial charge in [0.2, 0.25) is 10.0 Å². The van der Waals surface area contributed by atoms with Gasteiger partial charge in [0, 0.05) is 25.0 Å². The largest absolute Gasteiger partial charge is 0.308 e. The molecule has 7 heteroatoms. The van der Waals surface area contributed by atoms with Crippen LogP contribution in [0, 0.1) is 5.82 Å². The summed E-state index contributed by atoms with van der Waals surface area (Å²) in [5.41, 5.74) is 0.411. The van der Waals surface area contributed by atoms with Gasteiger partial charge in [-0.2, -0.15) is 4.31 Å². The normalized spacial score (nSPS) is 13.9. The van der Waals surface area contributed by atoms with Gasteiger partial charge < -0.3 is 4.90 Å². The smallest absolute Gasteiger partial charge is 0.243 e. The fourth-order valence-electron chi connectivity index (χ4n) is 2.34. The average molecular weight is 337 g/mol. The summed E-state index contributed by atoms with van der Waals surface area (Å²) in [6.45, 7) is 4.50. The average Bonchev–Trinajstić information content (AvgIpc) is 2.38. The van der Waals surface area contributed by atoms with Gasteiger partial charge in [0.15, 0.2) is 0 Å². The molecular weight excluding hydrogens is 315 g/mol. The number of halogens is 2. The lowest BCUT2D eigenvalue weighted by molar-refractivity contribution is 0.271. The number of nitrogens with zero attached hydrogens (tertiary/aromatic N) is 2. The van der Waals surface area contributed by atoms with Crippen molar-refractivity contribution in [2.45, 2.75) is 30.7 Å². The molecule has 0 spiro atoms. The third kappa shape index (κ3) is 4.39. The lowest BCUT2D eigenvalue weighted by atomic mass is 10.2. The van der Waals surface area contributed by atoms with Crippen LogP contribution in [0.2, 0.25) is 0 Å². The SMILES string of the molecule is CCN(C(C)CN(C)C)S(=O)(=O)c1cc(F)ccc1CCl. The molecule has 0 bridgehead atoms. The minimum atomic E-state index is -3.78. The topological polar surface area (TPSA) is 40.6 Å². The number of likely N-dealkylation sites (N-methyl/N-ethyl adjacent to an activating group) is 2. The number of rotatable bonds is 7. The summed E-state index contributed by atoms with van der Waals surface area (Å²) in [6.07, 6.45) is 0. The van der Waals surface area contributed by atoms with E-state index in [1.807, 2.05) is 25.9 Å². The molecule has 21 heavy (non-hydrogen) atoms. The van der Waals surface area contributed by atoms with E-state index in [9.17, 15) is 12.8 Å². The molecule has 1 aromatic carbocycles. The summed E-state index contributed by atoms with van der Waals surface area (Å²) in [7, 11) is -0.0224. The van der Waals surface area contributed by atoms with Crippen molar-refractivity contribution in [3.63, 3.8) is 0 Å². The summed E-state index contributed by atoms with van der Waals surface area (Å²) in [5.74, 6) is -0.562. The molecule has 0 amide bonds. The van der Waals surface area contributed by atoms with E-state index in [0.29, 0.717) is 18.7 Å². The van der Waals surface area contributed by atoms with E-state index in [0.717, 1.165) is 6.07 Å².